The zero-order valence-corrected chi connectivity index (χ0v) is 14.1. The van der Waals surface area contributed by atoms with Crippen LogP contribution >= 0.6 is 11.8 Å². The van der Waals surface area contributed by atoms with Gasteiger partial charge in [0.05, 0.1) is 17.7 Å². The average Bonchev–Trinajstić information content (AvgIpc) is 2.65. The average molecular weight is 352 g/mol. The highest BCUT2D eigenvalue weighted by Crippen LogP contribution is 2.19. The third-order valence-corrected chi connectivity index (χ3v) is 4.37. The first-order chi connectivity index (χ1) is 12.2. The van der Waals surface area contributed by atoms with Crippen LogP contribution in [0.5, 0.6) is 0 Å². The van der Waals surface area contributed by atoms with E-state index in [-0.39, 0.29) is 5.75 Å². The molecule has 3 aromatic rings. The molecule has 0 aliphatic rings. The minimum atomic E-state index is -0.842. The van der Waals surface area contributed by atoms with Crippen LogP contribution in [-0.2, 0) is 4.79 Å². The maximum Gasteiger partial charge on any atom is 0.313 e. The van der Waals surface area contributed by atoms with Crippen molar-refractivity contribution < 1.29 is 9.90 Å². The zero-order valence-electron chi connectivity index (χ0n) is 13.3. The molecular formula is C18H16N4O2S. The molecule has 0 amide bonds. The predicted octanol–water partition coefficient (Wildman–Crippen LogP) is 3.26. The lowest BCUT2D eigenvalue weighted by atomic mass is 10.1. The minimum Gasteiger partial charge on any atom is -0.481 e. The summed E-state index contributed by atoms with van der Waals surface area (Å²) in [7, 11) is 0. The normalized spacial score (nSPS) is 11.4. The molecule has 2 aromatic carbocycles. The summed E-state index contributed by atoms with van der Waals surface area (Å²) in [6.45, 7) is 0. The number of fused-ring (bicyclic) bond motifs is 1. The number of hydrazone groups is 1. The molecule has 0 aliphatic heterocycles. The van der Waals surface area contributed by atoms with E-state index >= 15 is 0 Å². The second-order valence-electron chi connectivity index (χ2n) is 5.20. The summed E-state index contributed by atoms with van der Waals surface area (Å²) in [4.78, 5) is 10.7. The third-order valence-electron chi connectivity index (χ3n) is 3.44. The quantitative estimate of drug-likeness (QED) is 0.501. The molecule has 0 atom stereocenters. The highest BCUT2D eigenvalue weighted by Gasteiger charge is 2.07. The van der Waals surface area contributed by atoms with E-state index in [0.29, 0.717) is 11.6 Å². The first-order valence-electron chi connectivity index (χ1n) is 7.62. The minimum absolute atomic E-state index is 0.0277. The number of carboxylic acids is 1. The Labute approximate surface area is 149 Å². The highest BCUT2D eigenvalue weighted by atomic mass is 32.2. The maximum atomic E-state index is 10.7. The number of aromatic nitrogens is 2. The number of nitrogens with one attached hydrogen (secondary N) is 1. The van der Waals surface area contributed by atoms with E-state index in [1.54, 1.807) is 6.20 Å². The summed E-state index contributed by atoms with van der Waals surface area (Å²) >= 11 is 1.30. The van der Waals surface area contributed by atoms with Crippen LogP contribution < -0.4 is 5.43 Å². The summed E-state index contributed by atoms with van der Waals surface area (Å²) in [5.41, 5.74) is 4.66. The third kappa shape index (κ3) is 4.54. The molecule has 1 aromatic heterocycles. The Morgan fingerprint density at radius 2 is 1.84 bits per heavy atom. The number of hydrogen-bond donors (Lipinski definition) is 2. The zero-order chi connectivity index (χ0) is 17.5. The van der Waals surface area contributed by atoms with Gasteiger partial charge in [-0.15, -0.1) is 16.9 Å². The molecular weight excluding hydrogens is 336 g/mol. The lowest BCUT2D eigenvalue weighted by Crippen LogP contribution is -2.10. The van der Waals surface area contributed by atoms with Crippen molar-refractivity contribution in [1.29, 1.82) is 0 Å². The van der Waals surface area contributed by atoms with E-state index in [1.165, 1.54) is 11.8 Å². The molecule has 0 spiro atoms. The number of benzene rings is 2. The number of thioether (sulfide) groups is 1. The number of hydrogen-bond acceptors (Lipinski definition) is 6. The summed E-state index contributed by atoms with van der Waals surface area (Å²) in [6.07, 6.45) is 1.70. The van der Waals surface area contributed by atoms with Crippen LogP contribution in [-0.4, -0.2) is 38.5 Å². The molecule has 0 bridgehead atoms. The van der Waals surface area contributed by atoms with E-state index in [9.17, 15) is 4.79 Å². The molecule has 0 saturated carbocycles. The van der Waals surface area contributed by atoms with Gasteiger partial charge in [-0.25, -0.2) is 0 Å². The standard InChI is InChI=1S/C18H16N4O2S/c23-17(24)12-25-11-16(13-6-2-1-3-7-13)20-22-18-15-9-5-4-8-14(15)10-19-21-18/h1-10H,11-12H2,(H,21,22)(H,23,24). The molecule has 126 valence electrons. The Kier molecular flexibility index (Phi) is 5.58. The van der Waals surface area contributed by atoms with Crippen LogP contribution in [0.3, 0.4) is 0 Å². The van der Waals surface area contributed by atoms with E-state index in [4.69, 9.17) is 5.11 Å². The molecule has 0 fully saturated rings. The van der Waals surface area contributed by atoms with Gasteiger partial charge in [0.25, 0.3) is 0 Å². The first kappa shape index (κ1) is 16.9. The molecule has 6 nitrogen and oxygen atoms in total. The van der Waals surface area contributed by atoms with Gasteiger partial charge in [-0.05, 0) is 5.56 Å². The van der Waals surface area contributed by atoms with Gasteiger partial charge in [0.2, 0.25) is 0 Å². The smallest absolute Gasteiger partial charge is 0.313 e. The molecule has 0 radical (unpaired) electrons. The summed E-state index contributed by atoms with van der Waals surface area (Å²) < 4.78 is 0. The van der Waals surface area contributed by atoms with Gasteiger partial charge in [0.15, 0.2) is 5.82 Å². The van der Waals surface area contributed by atoms with Crippen LogP contribution in [0.25, 0.3) is 10.8 Å². The fourth-order valence-electron chi connectivity index (χ4n) is 2.28. The maximum absolute atomic E-state index is 10.7. The second-order valence-corrected chi connectivity index (χ2v) is 6.19. The second kappa shape index (κ2) is 8.25. The number of carbonyl (C=O) groups is 1. The van der Waals surface area contributed by atoms with Gasteiger partial charge >= 0.3 is 5.97 Å². The monoisotopic (exact) mass is 352 g/mol. The van der Waals surface area contributed by atoms with Crippen molar-refractivity contribution in [2.45, 2.75) is 0 Å². The van der Waals surface area contributed by atoms with E-state index in [2.05, 4.69) is 20.7 Å². The van der Waals surface area contributed by atoms with E-state index < -0.39 is 5.97 Å². The first-order valence-corrected chi connectivity index (χ1v) is 8.77. The fraction of sp³-hybridized carbons (Fsp3) is 0.111. The largest absolute Gasteiger partial charge is 0.481 e. The summed E-state index contributed by atoms with van der Waals surface area (Å²) in [5.74, 6) is 0.224. The number of carboxylic acid groups (broad SMARTS) is 1. The van der Waals surface area contributed by atoms with Crippen molar-refractivity contribution in [2.75, 3.05) is 16.9 Å². The summed E-state index contributed by atoms with van der Waals surface area (Å²) in [5, 5.41) is 23.3. The molecule has 1 heterocycles. The molecule has 0 unspecified atom stereocenters. The highest BCUT2D eigenvalue weighted by molar-refractivity contribution is 8.00. The van der Waals surface area contributed by atoms with Crippen molar-refractivity contribution in [1.82, 2.24) is 10.2 Å². The Hall–Kier alpha value is -2.93. The van der Waals surface area contributed by atoms with Crippen molar-refractivity contribution in [3.8, 4) is 0 Å². The summed E-state index contributed by atoms with van der Waals surface area (Å²) in [6, 6.07) is 17.4. The molecule has 0 saturated heterocycles. The molecule has 3 rings (SSSR count). The van der Waals surface area contributed by atoms with Crippen molar-refractivity contribution in [2.24, 2.45) is 5.10 Å². The van der Waals surface area contributed by atoms with Crippen LogP contribution in [0.1, 0.15) is 5.56 Å². The number of nitrogens with zero attached hydrogens (tertiary/aromatic N) is 3. The molecule has 7 heteroatoms. The predicted molar refractivity (Wildman–Crippen MR) is 101 cm³/mol. The topological polar surface area (TPSA) is 87.5 Å². The Morgan fingerprint density at radius 3 is 2.64 bits per heavy atom. The van der Waals surface area contributed by atoms with Crippen molar-refractivity contribution >= 4 is 40.0 Å². The van der Waals surface area contributed by atoms with Gasteiger partial charge in [-0.2, -0.15) is 10.2 Å². The van der Waals surface area contributed by atoms with Crippen molar-refractivity contribution in [3.05, 3.63) is 66.4 Å². The van der Waals surface area contributed by atoms with Crippen LogP contribution in [0.2, 0.25) is 0 Å². The Balaban J connectivity index is 1.85. The Morgan fingerprint density at radius 1 is 1.08 bits per heavy atom. The van der Waals surface area contributed by atoms with Gasteiger partial charge in [0.1, 0.15) is 0 Å². The van der Waals surface area contributed by atoms with E-state index in [1.807, 2.05) is 54.6 Å². The van der Waals surface area contributed by atoms with Gasteiger partial charge < -0.3 is 5.11 Å². The SMILES string of the molecule is O=C(O)CSCC(=NNc1nncc2ccccc12)c1ccccc1. The van der Waals surface area contributed by atoms with Crippen LogP contribution in [0.4, 0.5) is 5.82 Å². The number of aliphatic carboxylic acids is 1. The van der Waals surface area contributed by atoms with E-state index in [0.717, 1.165) is 22.0 Å². The fourth-order valence-corrected chi connectivity index (χ4v) is 2.98. The van der Waals surface area contributed by atoms with Crippen molar-refractivity contribution in [3.63, 3.8) is 0 Å². The van der Waals surface area contributed by atoms with Crippen LogP contribution in [0.15, 0.2) is 65.9 Å². The molecule has 2 N–H and O–H groups in total. The van der Waals surface area contributed by atoms with Gasteiger partial charge in [0, 0.05) is 16.5 Å². The van der Waals surface area contributed by atoms with Crippen LogP contribution in [0, 0.1) is 0 Å². The lowest BCUT2D eigenvalue weighted by Gasteiger charge is -2.08. The van der Waals surface area contributed by atoms with Gasteiger partial charge in [-0.3, -0.25) is 10.2 Å². The Bertz CT molecular complexity index is 894. The number of rotatable bonds is 7. The molecule has 25 heavy (non-hydrogen) atoms. The van der Waals surface area contributed by atoms with Gasteiger partial charge in [-0.1, -0.05) is 54.6 Å². The lowest BCUT2D eigenvalue weighted by molar-refractivity contribution is -0.133. The molecule has 0 aliphatic carbocycles. The number of anilines is 1.